The minimum atomic E-state index is -0.958. The van der Waals surface area contributed by atoms with Crippen molar-refractivity contribution >= 4 is 35.0 Å². The van der Waals surface area contributed by atoms with Crippen LogP contribution in [0.2, 0.25) is 0 Å². The second-order valence-electron chi connectivity index (χ2n) is 16.9. The molecule has 388 valence electrons. The molecule has 21 nitrogen and oxygen atoms in total. The van der Waals surface area contributed by atoms with Crippen molar-refractivity contribution in [3.63, 3.8) is 0 Å². The molecular formula is C54H56N10O11. The van der Waals surface area contributed by atoms with E-state index in [0.29, 0.717) is 111 Å². The minimum Gasteiger partial charge on any atom is -0.489 e. The highest BCUT2D eigenvalue weighted by atomic mass is 16.6. The Balaban J connectivity index is 0.634. The van der Waals surface area contributed by atoms with E-state index >= 15 is 0 Å². The lowest BCUT2D eigenvalue weighted by molar-refractivity contribution is -0.121. The number of hydrogen-bond acceptors (Lipinski definition) is 15. The number of likely N-dealkylation sites (N-methyl/N-ethyl adjacent to an activating group) is 2. The van der Waals surface area contributed by atoms with E-state index in [1.165, 1.54) is 9.80 Å². The second kappa shape index (κ2) is 27.0. The Labute approximate surface area is 432 Å². The molecule has 0 radical (unpaired) electrons. The predicted molar refractivity (Wildman–Crippen MR) is 272 cm³/mol. The molecule has 4 amide bonds. The fourth-order valence-corrected chi connectivity index (χ4v) is 7.64. The van der Waals surface area contributed by atoms with E-state index in [1.54, 1.807) is 50.5 Å². The van der Waals surface area contributed by atoms with Crippen LogP contribution in [-0.4, -0.2) is 159 Å². The van der Waals surface area contributed by atoms with E-state index in [-0.39, 0.29) is 49.9 Å². The van der Waals surface area contributed by atoms with Crippen LogP contribution in [0.5, 0.6) is 11.5 Å². The SMILES string of the molecule is CN1C(=O)[C@@H](NC(=O)c2n[nH]c(Cc3ccccc3)n2)COc2ccc(C#CCOCCOCCOCCOCCOCC#Cc3ccc4c(c3)N(C)C(=O)[C@@H](NC(=O)c3n[nH]c(Cc5ccccc5)n3)CO4)cc21. The summed E-state index contributed by atoms with van der Waals surface area (Å²) in [4.78, 5) is 64.2. The third kappa shape index (κ3) is 15.3. The van der Waals surface area contributed by atoms with Gasteiger partial charge in [-0.2, -0.15) is 0 Å². The standard InChI is InChI=1S/C54H56N10O11/c1-63-43-31-39(17-19-45(43)74-35-41(53(63)67)55-51(65)49-57-47(59-61-49)33-37-11-5-3-6-12-37)15-9-21-69-23-25-71-27-29-73-30-28-72-26-24-70-22-10-16-40-18-20-46-44(32-40)64(2)54(68)42(36-75-46)56-52(66)50-58-48(60-62-50)34-38-13-7-4-8-14-38/h3-8,11-14,17-20,31-32,41-42H,21-30,33-36H2,1-2H3,(H,55,65)(H,56,66)(H,57,59,61)(H,58,60,62)/t41-,42-/m0/s1. The summed E-state index contributed by atoms with van der Waals surface area (Å²) in [6.45, 7) is 3.24. The summed E-state index contributed by atoms with van der Waals surface area (Å²) in [5.74, 6) is 12.1. The molecule has 2 atom stereocenters. The van der Waals surface area contributed by atoms with Crippen LogP contribution in [0.1, 0.15) is 55.1 Å². The van der Waals surface area contributed by atoms with Crippen LogP contribution >= 0.6 is 0 Å². The van der Waals surface area contributed by atoms with Gasteiger partial charge in [-0.3, -0.25) is 29.4 Å². The Morgan fingerprint density at radius 1 is 0.573 bits per heavy atom. The zero-order valence-corrected chi connectivity index (χ0v) is 41.5. The van der Waals surface area contributed by atoms with E-state index in [2.05, 4.69) is 64.7 Å². The van der Waals surface area contributed by atoms with Gasteiger partial charge in [-0.25, -0.2) is 9.97 Å². The number of aromatic amines is 2. The molecular weight excluding hydrogens is 965 g/mol. The maximum Gasteiger partial charge on any atom is 0.291 e. The molecule has 21 heteroatoms. The summed E-state index contributed by atoms with van der Waals surface area (Å²) in [5, 5.41) is 19.0. The normalized spacial score (nSPS) is 14.9. The smallest absolute Gasteiger partial charge is 0.291 e. The molecule has 2 aliphatic heterocycles. The monoisotopic (exact) mass is 1020 g/mol. The van der Waals surface area contributed by atoms with Gasteiger partial charge in [-0.1, -0.05) is 84.3 Å². The van der Waals surface area contributed by atoms with Crippen LogP contribution in [0.4, 0.5) is 11.4 Å². The highest BCUT2D eigenvalue weighted by molar-refractivity contribution is 6.03. The molecule has 2 aliphatic rings. The van der Waals surface area contributed by atoms with Crippen LogP contribution in [-0.2, 0) is 46.1 Å². The molecule has 4 N–H and O–H groups in total. The molecule has 0 bridgehead atoms. The summed E-state index contributed by atoms with van der Waals surface area (Å²) >= 11 is 0. The second-order valence-corrected chi connectivity index (χ2v) is 16.9. The number of aromatic nitrogens is 6. The number of amides is 4. The van der Waals surface area contributed by atoms with Crippen molar-refractivity contribution in [2.45, 2.75) is 24.9 Å². The maximum absolute atomic E-state index is 13.4. The molecule has 0 spiro atoms. The number of H-pyrrole nitrogens is 2. The number of carbonyl (C=O) groups is 4. The van der Waals surface area contributed by atoms with Gasteiger partial charge in [0.15, 0.2) is 0 Å². The van der Waals surface area contributed by atoms with Gasteiger partial charge >= 0.3 is 0 Å². The van der Waals surface area contributed by atoms with Crippen LogP contribution < -0.4 is 29.9 Å². The zero-order chi connectivity index (χ0) is 52.2. The lowest BCUT2D eigenvalue weighted by Gasteiger charge is -2.20. The van der Waals surface area contributed by atoms with Crippen molar-refractivity contribution < 1.29 is 52.3 Å². The third-order valence-electron chi connectivity index (χ3n) is 11.5. The van der Waals surface area contributed by atoms with E-state index in [4.69, 9.17) is 33.2 Å². The molecule has 0 saturated heterocycles. The molecule has 8 rings (SSSR count). The van der Waals surface area contributed by atoms with Crippen molar-refractivity contribution in [3.05, 3.63) is 143 Å². The topological polar surface area (TPSA) is 247 Å². The molecule has 0 fully saturated rings. The number of hydrogen-bond donors (Lipinski definition) is 4. The van der Waals surface area contributed by atoms with Gasteiger partial charge in [0.25, 0.3) is 23.6 Å². The van der Waals surface area contributed by atoms with Crippen molar-refractivity contribution in [3.8, 4) is 35.2 Å². The van der Waals surface area contributed by atoms with Crippen molar-refractivity contribution in [1.29, 1.82) is 0 Å². The number of rotatable bonds is 22. The Kier molecular flexibility index (Phi) is 19.0. The Bertz CT molecular complexity index is 2820. The van der Waals surface area contributed by atoms with E-state index < -0.39 is 23.9 Å². The Morgan fingerprint density at radius 2 is 0.960 bits per heavy atom. The van der Waals surface area contributed by atoms with Gasteiger partial charge in [0.05, 0.1) is 64.2 Å². The number of carbonyl (C=O) groups excluding carboxylic acids is 4. The number of fused-ring (bicyclic) bond motifs is 2. The Hall–Kier alpha value is -8.44. The van der Waals surface area contributed by atoms with Crippen LogP contribution in [0.25, 0.3) is 0 Å². The molecule has 0 aliphatic carbocycles. The summed E-state index contributed by atoms with van der Waals surface area (Å²) in [6.07, 6.45) is 0.964. The van der Waals surface area contributed by atoms with E-state index in [9.17, 15) is 19.2 Å². The van der Waals surface area contributed by atoms with Gasteiger partial charge < -0.3 is 53.6 Å². The molecule has 2 aromatic heterocycles. The first-order chi connectivity index (χ1) is 36.7. The van der Waals surface area contributed by atoms with Crippen molar-refractivity contribution in [1.82, 2.24) is 41.0 Å². The fraction of sp³-hybridized carbons (Fsp3) is 0.333. The molecule has 4 aromatic carbocycles. The Morgan fingerprint density at radius 3 is 1.36 bits per heavy atom. The first kappa shape index (κ1) is 52.9. The molecule has 0 saturated carbocycles. The number of ether oxygens (including phenoxy) is 7. The number of nitrogens with zero attached hydrogens (tertiary/aromatic N) is 6. The average molecular weight is 1020 g/mol. The van der Waals surface area contributed by atoms with Crippen molar-refractivity contribution in [2.75, 3.05) is 103 Å². The van der Waals surface area contributed by atoms with Gasteiger partial charge in [0, 0.05) is 38.1 Å². The summed E-state index contributed by atoms with van der Waals surface area (Å²) in [5.41, 5.74) is 4.40. The van der Waals surface area contributed by atoms with Gasteiger partial charge in [-0.15, -0.1) is 10.2 Å². The van der Waals surface area contributed by atoms with Gasteiger partial charge in [0.2, 0.25) is 11.6 Å². The highest BCUT2D eigenvalue weighted by Crippen LogP contribution is 2.33. The summed E-state index contributed by atoms with van der Waals surface area (Å²) in [7, 11) is 3.23. The highest BCUT2D eigenvalue weighted by Gasteiger charge is 2.33. The minimum absolute atomic E-state index is 0.0640. The average Bonchev–Trinajstić information content (AvgIpc) is 4.07. The number of nitrogens with one attached hydrogen (secondary N) is 4. The molecule has 4 heterocycles. The largest absolute Gasteiger partial charge is 0.489 e. The number of anilines is 2. The maximum atomic E-state index is 13.4. The van der Waals surface area contributed by atoms with Crippen LogP contribution in [0.3, 0.4) is 0 Å². The third-order valence-corrected chi connectivity index (χ3v) is 11.5. The van der Waals surface area contributed by atoms with E-state index in [1.807, 2.05) is 60.7 Å². The van der Waals surface area contributed by atoms with Crippen LogP contribution in [0, 0.1) is 23.7 Å². The lowest BCUT2D eigenvalue weighted by atomic mass is 10.1. The zero-order valence-electron chi connectivity index (χ0n) is 41.5. The van der Waals surface area contributed by atoms with Gasteiger partial charge in [-0.05, 0) is 47.5 Å². The predicted octanol–water partition coefficient (Wildman–Crippen LogP) is 2.90. The van der Waals surface area contributed by atoms with Crippen molar-refractivity contribution in [2.24, 2.45) is 0 Å². The first-order valence-electron chi connectivity index (χ1n) is 24.2. The molecule has 75 heavy (non-hydrogen) atoms. The van der Waals surface area contributed by atoms with Crippen LogP contribution in [0.15, 0.2) is 97.1 Å². The summed E-state index contributed by atoms with van der Waals surface area (Å²) < 4.78 is 39.7. The fourth-order valence-electron chi connectivity index (χ4n) is 7.64. The lowest BCUT2D eigenvalue weighted by Crippen LogP contribution is -2.49. The first-order valence-corrected chi connectivity index (χ1v) is 24.2. The van der Waals surface area contributed by atoms with Gasteiger partial charge in [0.1, 0.15) is 61.7 Å². The molecule has 6 aromatic rings. The summed E-state index contributed by atoms with van der Waals surface area (Å²) in [6, 6.07) is 28.0. The molecule has 0 unspecified atom stereocenters. The quantitative estimate of drug-likeness (QED) is 0.0564. The number of benzene rings is 4. The van der Waals surface area contributed by atoms with E-state index in [0.717, 1.165) is 11.1 Å².